The highest BCUT2D eigenvalue weighted by Gasteiger charge is 1.95. The van der Waals surface area contributed by atoms with Crippen LogP contribution in [0.15, 0.2) is 25.0 Å². The molecule has 0 unspecified atom stereocenters. The van der Waals surface area contributed by atoms with Crippen LogP contribution in [-0.4, -0.2) is 16.6 Å². The van der Waals surface area contributed by atoms with Gasteiger partial charge in [-0.25, -0.2) is 9.97 Å². The van der Waals surface area contributed by atoms with Gasteiger partial charge in [0.2, 0.25) is 11.8 Å². The largest absolute Gasteiger partial charge is 0.473 e. The Kier molecular flexibility index (Phi) is 2.54. The lowest BCUT2D eigenvalue weighted by molar-refractivity contribution is 0.344. The Morgan fingerprint density at radius 1 is 1.64 bits per heavy atom. The lowest BCUT2D eigenvalue weighted by Crippen LogP contribution is -1.96. The number of hydrogen-bond acceptors (Lipinski definition) is 3. The summed E-state index contributed by atoms with van der Waals surface area (Å²) in [4.78, 5) is 6.92. The summed E-state index contributed by atoms with van der Waals surface area (Å²) in [6.45, 7) is 3.75. The van der Waals surface area contributed by atoms with Crippen molar-refractivity contribution >= 4 is 0 Å². The standard InChI is InChI=1S/C7H7FN2O/c1-2-3-11-7-4-6(8)9-5-10-7/h2,4-5H,1,3H2. The zero-order valence-corrected chi connectivity index (χ0v) is 5.83. The van der Waals surface area contributed by atoms with Gasteiger partial charge in [-0.05, 0) is 0 Å². The lowest BCUT2D eigenvalue weighted by atomic mass is 10.6. The fraction of sp³-hybridized carbons (Fsp3) is 0.143. The maximum Gasteiger partial charge on any atom is 0.219 e. The van der Waals surface area contributed by atoms with Gasteiger partial charge in [0.1, 0.15) is 12.9 Å². The maximum atomic E-state index is 12.3. The molecule has 0 radical (unpaired) electrons. The summed E-state index contributed by atoms with van der Waals surface area (Å²) in [7, 11) is 0. The molecular formula is C7H7FN2O. The summed E-state index contributed by atoms with van der Waals surface area (Å²) in [5.74, 6) is -0.378. The predicted octanol–water partition coefficient (Wildman–Crippen LogP) is 1.18. The monoisotopic (exact) mass is 154 g/mol. The Labute approximate surface area is 63.6 Å². The SMILES string of the molecule is C=CCOc1cc(F)ncn1. The van der Waals surface area contributed by atoms with Gasteiger partial charge in [-0.3, -0.25) is 0 Å². The molecule has 0 spiro atoms. The molecule has 0 atom stereocenters. The smallest absolute Gasteiger partial charge is 0.219 e. The second-order valence-corrected chi connectivity index (χ2v) is 1.78. The van der Waals surface area contributed by atoms with Crippen molar-refractivity contribution in [2.45, 2.75) is 0 Å². The van der Waals surface area contributed by atoms with Crippen LogP contribution in [0.5, 0.6) is 5.88 Å². The van der Waals surface area contributed by atoms with E-state index in [-0.39, 0.29) is 5.88 Å². The summed E-state index contributed by atoms with van der Waals surface area (Å²) in [6.07, 6.45) is 2.66. The van der Waals surface area contributed by atoms with E-state index < -0.39 is 5.95 Å². The Morgan fingerprint density at radius 3 is 3.09 bits per heavy atom. The van der Waals surface area contributed by atoms with Crippen molar-refractivity contribution < 1.29 is 9.13 Å². The second-order valence-electron chi connectivity index (χ2n) is 1.78. The van der Waals surface area contributed by atoms with Gasteiger partial charge in [0.25, 0.3) is 0 Å². The van der Waals surface area contributed by atoms with E-state index in [2.05, 4.69) is 16.5 Å². The number of hydrogen-bond donors (Lipinski definition) is 0. The molecule has 0 amide bonds. The van der Waals surface area contributed by atoms with Crippen molar-refractivity contribution in [2.75, 3.05) is 6.61 Å². The number of rotatable bonds is 3. The van der Waals surface area contributed by atoms with Crippen molar-refractivity contribution in [3.05, 3.63) is 31.0 Å². The van der Waals surface area contributed by atoms with Crippen LogP contribution in [0.4, 0.5) is 4.39 Å². The van der Waals surface area contributed by atoms with Crippen LogP contribution in [0, 0.1) is 5.95 Å². The Morgan fingerprint density at radius 2 is 2.45 bits per heavy atom. The Hall–Kier alpha value is -1.45. The molecule has 11 heavy (non-hydrogen) atoms. The van der Waals surface area contributed by atoms with Crippen molar-refractivity contribution in [1.82, 2.24) is 9.97 Å². The van der Waals surface area contributed by atoms with E-state index in [1.807, 2.05) is 0 Å². The first kappa shape index (κ1) is 7.65. The van der Waals surface area contributed by atoms with Gasteiger partial charge in [-0.15, -0.1) is 0 Å². The highest BCUT2D eigenvalue weighted by atomic mass is 19.1. The summed E-state index contributed by atoms with van der Waals surface area (Å²) in [5, 5.41) is 0. The molecule has 0 saturated carbocycles. The molecule has 0 saturated heterocycles. The first-order valence-electron chi connectivity index (χ1n) is 3.04. The van der Waals surface area contributed by atoms with Gasteiger partial charge in [0.15, 0.2) is 0 Å². The van der Waals surface area contributed by atoms with Crippen LogP contribution < -0.4 is 4.74 Å². The molecule has 0 fully saturated rings. The number of nitrogens with zero attached hydrogens (tertiary/aromatic N) is 2. The van der Waals surface area contributed by atoms with E-state index in [0.29, 0.717) is 6.61 Å². The molecule has 0 aliphatic rings. The van der Waals surface area contributed by atoms with Crippen LogP contribution in [0.25, 0.3) is 0 Å². The van der Waals surface area contributed by atoms with Crippen LogP contribution in [-0.2, 0) is 0 Å². The lowest BCUT2D eigenvalue weighted by Gasteiger charge is -1.99. The van der Waals surface area contributed by atoms with Crippen molar-refractivity contribution in [2.24, 2.45) is 0 Å². The predicted molar refractivity (Wildman–Crippen MR) is 37.7 cm³/mol. The van der Waals surface area contributed by atoms with Gasteiger partial charge >= 0.3 is 0 Å². The molecule has 0 aliphatic heterocycles. The zero-order valence-electron chi connectivity index (χ0n) is 5.83. The van der Waals surface area contributed by atoms with E-state index in [9.17, 15) is 4.39 Å². The number of aromatic nitrogens is 2. The molecule has 1 aromatic rings. The van der Waals surface area contributed by atoms with Crippen LogP contribution >= 0.6 is 0 Å². The number of ether oxygens (including phenoxy) is 1. The second kappa shape index (κ2) is 3.65. The van der Waals surface area contributed by atoms with Gasteiger partial charge in [0, 0.05) is 0 Å². The molecule has 1 rings (SSSR count). The molecule has 1 heterocycles. The minimum atomic E-state index is -0.598. The van der Waals surface area contributed by atoms with Crippen molar-refractivity contribution in [1.29, 1.82) is 0 Å². The fourth-order valence-corrected chi connectivity index (χ4v) is 0.541. The van der Waals surface area contributed by atoms with Crippen LogP contribution in [0.3, 0.4) is 0 Å². The van der Waals surface area contributed by atoms with E-state index in [1.165, 1.54) is 0 Å². The summed E-state index contributed by atoms with van der Waals surface area (Å²) >= 11 is 0. The van der Waals surface area contributed by atoms with Gasteiger partial charge in [0.05, 0.1) is 6.07 Å². The third-order valence-electron chi connectivity index (χ3n) is 0.958. The number of halogens is 1. The molecule has 0 aromatic carbocycles. The van der Waals surface area contributed by atoms with E-state index in [4.69, 9.17) is 4.74 Å². The Balaban J connectivity index is 2.63. The van der Waals surface area contributed by atoms with E-state index >= 15 is 0 Å². The highest BCUT2D eigenvalue weighted by molar-refractivity contribution is 5.06. The van der Waals surface area contributed by atoms with Gasteiger partial charge in [-0.2, -0.15) is 4.39 Å². The van der Waals surface area contributed by atoms with E-state index in [0.717, 1.165) is 12.4 Å². The quantitative estimate of drug-likeness (QED) is 0.484. The maximum absolute atomic E-state index is 12.3. The molecule has 0 N–H and O–H groups in total. The zero-order chi connectivity index (χ0) is 8.10. The molecule has 1 aromatic heterocycles. The topological polar surface area (TPSA) is 35.0 Å². The summed E-state index contributed by atoms with van der Waals surface area (Å²) in [6, 6.07) is 1.11. The van der Waals surface area contributed by atoms with Gasteiger partial charge < -0.3 is 4.74 Å². The minimum Gasteiger partial charge on any atom is -0.473 e. The summed E-state index contributed by atoms with van der Waals surface area (Å²) in [5.41, 5.74) is 0. The van der Waals surface area contributed by atoms with Crippen molar-refractivity contribution in [3.63, 3.8) is 0 Å². The third-order valence-corrected chi connectivity index (χ3v) is 0.958. The molecule has 0 bridgehead atoms. The average molecular weight is 154 g/mol. The normalized spacial score (nSPS) is 9.18. The molecule has 3 nitrogen and oxygen atoms in total. The first-order valence-corrected chi connectivity index (χ1v) is 3.04. The molecule has 4 heteroatoms. The van der Waals surface area contributed by atoms with Crippen molar-refractivity contribution in [3.8, 4) is 5.88 Å². The molecular weight excluding hydrogens is 147 g/mol. The van der Waals surface area contributed by atoms with E-state index in [1.54, 1.807) is 6.08 Å². The first-order chi connectivity index (χ1) is 5.33. The molecule has 58 valence electrons. The summed E-state index contributed by atoms with van der Waals surface area (Å²) < 4.78 is 17.3. The van der Waals surface area contributed by atoms with Crippen LogP contribution in [0.2, 0.25) is 0 Å². The third kappa shape index (κ3) is 2.33. The highest BCUT2D eigenvalue weighted by Crippen LogP contribution is 2.04. The Bertz CT molecular complexity index is 252. The average Bonchev–Trinajstić information content (AvgIpc) is 2.01. The fourth-order valence-electron chi connectivity index (χ4n) is 0.541. The van der Waals surface area contributed by atoms with Crippen LogP contribution in [0.1, 0.15) is 0 Å². The minimum absolute atomic E-state index is 0.220. The van der Waals surface area contributed by atoms with Gasteiger partial charge in [-0.1, -0.05) is 12.7 Å². The molecule has 0 aliphatic carbocycles.